The van der Waals surface area contributed by atoms with Gasteiger partial charge in [0.2, 0.25) is 0 Å². The fraction of sp³-hybridized carbons (Fsp3) is 0.571. The highest BCUT2D eigenvalue weighted by Gasteiger charge is 2.33. The van der Waals surface area contributed by atoms with E-state index in [-0.39, 0.29) is 12.0 Å². The van der Waals surface area contributed by atoms with Crippen LogP contribution >= 0.6 is 0 Å². The molecule has 1 aliphatic heterocycles. The highest BCUT2D eigenvalue weighted by atomic mass is 32.2. The Hall–Kier alpha value is -0.950. The molecule has 0 radical (unpaired) electrons. The maximum Gasteiger partial charge on any atom is 0.282 e. The van der Waals surface area contributed by atoms with E-state index in [0.717, 1.165) is 12.0 Å². The lowest BCUT2D eigenvalue weighted by Gasteiger charge is -2.36. The van der Waals surface area contributed by atoms with E-state index in [2.05, 4.69) is 0 Å². The number of nitrogens with zero attached hydrogens (tertiary/aromatic N) is 2. The summed E-state index contributed by atoms with van der Waals surface area (Å²) in [7, 11) is -1.78. The van der Waals surface area contributed by atoms with Crippen LogP contribution in [0.5, 0.6) is 0 Å². The van der Waals surface area contributed by atoms with Crippen LogP contribution in [0.1, 0.15) is 18.9 Å². The Balaban J connectivity index is 2.06. The highest BCUT2D eigenvalue weighted by Crippen LogP contribution is 2.20. The maximum absolute atomic E-state index is 12.6. The smallest absolute Gasteiger partial charge is 0.282 e. The monoisotopic (exact) mass is 297 g/mol. The van der Waals surface area contributed by atoms with Gasteiger partial charge in [-0.1, -0.05) is 37.3 Å². The minimum Gasteiger partial charge on any atom is -0.327 e. The summed E-state index contributed by atoms with van der Waals surface area (Å²) in [5.74, 6) is 0.198. The molecule has 0 aromatic heterocycles. The fourth-order valence-electron chi connectivity index (χ4n) is 2.45. The molecule has 1 heterocycles. The van der Waals surface area contributed by atoms with Crippen LogP contribution in [0.4, 0.5) is 0 Å². The first-order valence-electron chi connectivity index (χ1n) is 6.92. The molecule has 1 aromatic rings. The van der Waals surface area contributed by atoms with Crippen molar-refractivity contribution in [1.82, 2.24) is 8.61 Å². The molecule has 1 fully saturated rings. The Labute approximate surface area is 121 Å². The molecule has 2 unspecified atom stereocenters. The van der Waals surface area contributed by atoms with Crippen molar-refractivity contribution in [3.63, 3.8) is 0 Å². The molecule has 2 N–H and O–H groups in total. The molecule has 5 nitrogen and oxygen atoms in total. The summed E-state index contributed by atoms with van der Waals surface area (Å²) in [6.07, 6.45) is 0.722. The van der Waals surface area contributed by atoms with Gasteiger partial charge >= 0.3 is 0 Å². The first kappa shape index (κ1) is 15.4. The van der Waals surface area contributed by atoms with E-state index in [1.807, 2.05) is 37.3 Å². The maximum atomic E-state index is 12.6. The second-order valence-electron chi connectivity index (χ2n) is 5.54. The third-order valence-corrected chi connectivity index (χ3v) is 5.80. The topological polar surface area (TPSA) is 66.6 Å². The average molecular weight is 297 g/mol. The molecule has 0 amide bonds. The Morgan fingerprint density at radius 3 is 2.60 bits per heavy atom. The van der Waals surface area contributed by atoms with E-state index in [1.165, 1.54) is 4.31 Å². The molecule has 0 spiro atoms. The van der Waals surface area contributed by atoms with Gasteiger partial charge in [0.1, 0.15) is 0 Å². The normalized spacial score (nSPS) is 25.0. The summed E-state index contributed by atoms with van der Waals surface area (Å²) in [5, 5.41) is 0. The lowest BCUT2D eigenvalue weighted by atomic mass is 9.96. The molecular formula is C14H23N3O2S. The van der Waals surface area contributed by atoms with Crippen LogP contribution in [-0.2, 0) is 16.8 Å². The van der Waals surface area contributed by atoms with Gasteiger partial charge < -0.3 is 5.73 Å². The second-order valence-corrected chi connectivity index (χ2v) is 7.57. The highest BCUT2D eigenvalue weighted by molar-refractivity contribution is 7.86. The lowest BCUT2D eigenvalue weighted by Crippen LogP contribution is -2.51. The molecule has 0 saturated carbocycles. The van der Waals surface area contributed by atoms with Gasteiger partial charge in [0.05, 0.1) is 0 Å². The number of hydrogen-bond acceptors (Lipinski definition) is 3. The van der Waals surface area contributed by atoms with Gasteiger partial charge in [-0.05, 0) is 17.9 Å². The first-order valence-corrected chi connectivity index (χ1v) is 8.32. The van der Waals surface area contributed by atoms with Crippen LogP contribution in [0.15, 0.2) is 30.3 Å². The van der Waals surface area contributed by atoms with E-state index >= 15 is 0 Å². The predicted molar refractivity (Wildman–Crippen MR) is 80.2 cm³/mol. The third kappa shape index (κ3) is 3.38. The largest absolute Gasteiger partial charge is 0.327 e. The van der Waals surface area contributed by atoms with E-state index in [0.29, 0.717) is 19.6 Å². The summed E-state index contributed by atoms with van der Waals surface area (Å²) in [4.78, 5) is 0. The molecule has 2 atom stereocenters. The number of benzene rings is 1. The molecule has 0 bridgehead atoms. The van der Waals surface area contributed by atoms with Crippen LogP contribution in [-0.4, -0.2) is 43.2 Å². The van der Waals surface area contributed by atoms with Crippen LogP contribution in [0, 0.1) is 5.92 Å². The molecule has 1 aliphatic rings. The third-order valence-electron chi connectivity index (χ3n) is 3.90. The fourth-order valence-corrected chi connectivity index (χ4v) is 3.92. The van der Waals surface area contributed by atoms with Gasteiger partial charge in [-0.25, -0.2) is 0 Å². The Morgan fingerprint density at radius 2 is 2.00 bits per heavy atom. The van der Waals surface area contributed by atoms with Crippen molar-refractivity contribution < 1.29 is 8.42 Å². The van der Waals surface area contributed by atoms with Crippen molar-refractivity contribution in [3.05, 3.63) is 35.9 Å². The van der Waals surface area contributed by atoms with Crippen LogP contribution in [0.3, 0.4) is 0 Å². The zero-order valence-corrected chi connectivity index (χ0v) is 12.9. The summed E-state index contributed by atoms with van der Waals surface area (Å²) in [6.45, 7) is 3.40. The lowest BCUT2D eigenvalue weighted by molar-refractivity contribution is 0.236. The number of piperidine rings is 1. The van der Waals surface area contributed by atoms with Crippen molar-refractivity contribution in [2.24, 2.45) is 11.7 Å². The minimum atomic E-state index is -3.41. The number of hydrogen-bond donors (Lipinski definition) is 1. The second kappa shape index (κ2) is 6.22. The first-order chi connectivity index (χ1) is 9.41. The van der Waals surface area contributed by atoms with E-state index in [1.54, 1.807) is 11.4 Å². The molecule has 6 heteroatoms. The average Bonchev–Trinajstić information content (AvgIpc) is 2.42. The van der Waals surface area contributed by atoms with Gasteiger partial charge in [-0.15, -0.1) is 0 Å². The Kier molecular flexibility index (Phi) is 4.80. The molecule has 0 aliphatic carbocycles. The van der Waals surface area contributed by atoms with Crippen molar-refractivity contribution in [2.45, 2.75) is 25.9 Å². The molecule has 112 valence electrons. The molecule has 2 rings (SSSR count). The van der Waals surface area contributed by atoms with Gasteiger partial charge in [0.25, 0.3) is 10.2 Å². The Bertz CT molecular complexity index is 533. The van der Waals surface area contributed by atoms with Crippen molar-refractivity contribution in [2.75, 3.05) is 20.1 Å². The summed E-state index contributed by atoms with van der Waals surface area (Å²) in [5.41, 5.74) is 6.93. The van der Waals surface area contributed by atoms with Crippen LogP contribution in [0.2, 0.25) is 0 Å². The van der Waals surface area contributed by atoms with Crippen molar-refractivity contribution in [3.8, 4) is 0 Å². The van der Waals surface area contributed by atoms with Gasteiger partial charge in [0.15, 0.2) is 0 Å². The number of nitrogens with two attached hydrogens (primary N) is 1. The quantitative estimate of drug-likeness (QED) is 0.902. The molecule has 20 heavy (non-hydrogen) atoms. The summed E-state index contributed by atoms with van der Waals surface area (Å²) < 4.78 is 28.1. The van der Waals surface area contributed by atoms with E-state index < -0.39 is 10.2 Å². The molecule has 1 aromatic carbocycles. The van der Waals surface area contributed by atoms with Crippen molar-refractivity contribution >= 4 is 10.2 Å². The minimum absolute atomic E-state index is 0.0980. The summed E-state index contributed by atoms with van der Waals surface area (Å²) >= 11 is 0. The summed E-state index contributed by atoms with van der Waals surface area (Å²) in [6, 6.07) is 9.71. The van der Waals surface area contributed by atoms with Crippen LogP contribution < -0.4 is 5.73 Å². The Morgan fingerprint density at radius 1 is 1.35 bits per heavy atom. The van der Waals surface area contributed by atoms with Gasteiger partial charge in [-0.3, -0.25) is 0 Å². The zero-order valence-electron chi connectivity index (χ0n) is 12.1. The number of rotatable bonds is 4. The molecular weight excluding hydrogens is 274 g/mol. The van der Waals surface area contributed by atoms with E-state index in [9.17, 15) is 8.42 Å². The zero-order chi connectivity index (χ0) is 14.8. The van der Waals surface area contributed by atoms with Gasteiger partial charge in [-0.2, -0.15) is 17.0 Å². The van der Waals surface area contributed by atoms with E-state index in [4.69, 9.17) is 5.73 Å². The van der Waals surface area contributed by atoms with Crippen molar-refractivity contribution in [1.29, 1.82) is 0 Å². The molecule has 1 saturated heterocycles. The van der Waals surface area contributed by atoms with Gasteiger partial charge in [0, 0.05) is 32.7 Å². The predicted octanol–water partition coefficient (Wildman–Crippen LogP) is 1.03. The standard InChI is InChI=1S/C14H23N3O2S/c1-12-10-17(9-8-14(12)15)20(18,19)16(2)11-13-6-4-3-5-7-13/h3-7,12,14H,8-11,15H2,1-2H3. The SMILES string of the molecule is CC1CN(S(=O)(=O)N(C)Cc2ccccc2)CCC1N. The van der Waals surface area contributed by atoms with Crippen LogP contribution in [0.25, 0.3) is 0 Å².